The molecule has 29 heavy (non-hydrogen) atoms. The van der Waals surface area contributed by atoms with Crippen molar-refractivity contribution >= 4 is 40.6 Å². The highest BCUT2D eigenvalue weighted by atomic mass is 35.5. The number of aromatic amines is 1. The molecule has 1 amide bonds. The maximum Gasteiger partial charge on any atom is 0.266 e. The first-order valence-corrected chi connectivity index (χ1v) is 9.86. The van der Waals surface area contributed by atoms with Gasteiger partial charge >= 0.3 is 0 Å². The summed E-state index contributed by atoms with van der Waals surface area (Å²) in [4.78, 5) is 32.8. The number of aromatic nitrogens is 2. The molecular weight excluding hydrogens is 415 g/mol. The molecule has 1 aliphatic heterocycles. The minimum atomic E-state index is -0.578. The van der Waals surface area contributed by atoms with Crippen molar-refractivity contribution in [2.75, 3.05) is 33.2 Å². The van der Waals surface area contributed by atoms with Gasteiger partial charge in [-0.2, -0.15) is 0 Å². The maximum atomic E-state index is 13.5. The second-order valence-electron chi connectivity index (χ2n) is 7.02. The second kappa shape index (κ2) is 7.70. The van der Waals surface area contributed by atoms with Crippen molar-refractivity contribution < 1.29 is 9.18 Å². The fraction of sp³-hybridized carbons (Fsp3) is 0.250. The van der Waals surface area contributed by atoms with Gasteiger partial charge in [0.2, 0.25) is 0 Å². The van der Waals surface area contributed by atoms with Crippen LogP contribution in [0.1, 0.15) is 10.4 Å². The van der Waals surface area contributed by atoms with E-state index in [1.165, 1.54) is 22.8 Å². The lowest BCUT2D eigenvalue weighted by Crippen LogP contribution is -2.47. The van der Waals surface area contributed by atoms with Crippen molar-refractivity contribution in [2.45, 2.75) is 0 Å². The van der Waals surface area contributed by atoms with E-state index in [1.807, 2.05) is 7.05 Å². The van der Waals surface area contributed by atoms with Crippen molar-refractivity contribution in [3.63, 3.8) is 0 Å². The second-order valence-corrected chi connectivity index (χ2v) is 7.82. The zero-order valence-electron chi connectivity index (χ0n) is 15.6. The van der Waals surface area contributed by atoms with Crippen LogP contribution in [0, 0.1) is 10.6 Å². The fourth-order valence-electron chi connectivity index (χ4n) is 3.40. The number of rotatable bonds is 2. The first kappa shape index (κ1) is 19.8. The van der Waals surface area contributed by atoms with E-state index in [4.69, 9.17) is 23.8 Å². The molecule has 150 valence electrons. The number of piperazine rings is 1. The number of benzene rings is 2. The molecule has 3 aromatic rings. The van der Waals surface area contributed by atoms with Gasteiger partial charge in [-0.1, -0.05) is 11.6 Å². The van der Waals surface area contributed by atoms with Gasteiger partial charge in [-0.05, 0) is 55.7 Å². The normalized spacial score (nSPS) is 15.1. The van der Waals surface area contributed by atoms with Crippen molar-refractivity contribution in [1.82, 2.24) is 19.4 Å². The van der Waals surface area contributed by atoms with Gasteiger partial charge in [0.05, 0.1) is 21.6 Å². The van der Waals surface area contributed by atoms with Gasteiger partial charge in [-0.3, -0.25) is 14.2 Å². The SMILES string of the molecule is CN1CCN(C(=O)c2ccc3c(=O)n(-c4ccc(F)c(Cl)c4)c(=S)[nH]c3c2)CC1. The van der Waals surface area contributed by atoms with Crippen LogP contribution in [-0.4, -0.2) is 58.5 Å². The zero-order valence-corrected chi connectivity index (χ0v) is 17.2. The Balaban J connectivity index is 1.76. The third kappa shape index (κ3) is 3.71. The molecule has 0 bridgehead atoms. The zero-order chi connectivity index (χ0) is 20.7. The molecule has 2 aromatic carbocycles. The van der Waals surface area contributed by atoms with E-state index in [0.717, 1.165) is 13.1 Å². The van der Waals surface area contributed by atoms with Crippen molar-refractivity contribution in [3.05, 3.63) is 67.9 Å². The van der Waals surface area contributed by atoms with Crippen LogP contribution in [0.2, 0.25) is 5.02 Å². The average molecular weight is 433 g/mol. The summed E-state index contributed by atoms with van der Waals surface area (Å²) < 4.78 is 14.9. The van der Waals surface area contributed by atoms with Crippen LogP contribution in [0.3, 0.4) is 0 Å². The molecule has 0 aliphatic carbocycles. The van der Waals surface area contributed by atoms with Gasteiger partial charge < -0.3 is 14.8 Å². The quantitative estimate of drug-likeness (QED) is 0.631. The van der Waals surface area contributed by atoms with Crippen LogP contribution in [0.25, 0.3) is 16.6 Å². The maximum absolute atomic E-state index is 13.5. The summed E-state index contributed by atoms with van der Waals surface area (Å²) in [6.07, 6.45) is 0. The summed E-state index contributed by atoms with van der Waals surface area (Å²) in [5, 5.41) is 0.269. The Morgan fingerprint density at radius 3 is 2.55 bits per heavy atom. The molecule has 9 heteroatoms. The number of fused-ring (bicyclic) bond motifs is 1. The Morgan fingerprint density at radius 1 is 1.14 bits per heavy atom. The Hall–Kier alpha value is -2.55. The topological polar surface area (TPSA) is 61.3 Å². The van der Waals surface area contributed by atoms with Crippen molar-refractivity contribution in [3.8, 4) is 5.69 Å². The number of nitrogens with zero attached hydrogens (tertiary/aromatic N) is 3. The van der Waals surface area contributed by atoms with Crippen LogP contribution >= 0.6 is 23.8 Å². The summed E-state index contributed by atoms with van der Waals surface area (Å²) in [5.41, 5.74) is 0.964. The minimum Gasteiger partial charge on any atom is -0.336 e. The Bertz CT molecular complexity index is 1230. The van der Waals surface area contributed by atoms with Gasteiger partial charge in [0.15, 0.2) is 4.77 Å². The number of carbonyl (C=O) groups excluding carboxylic acids is 1. The molecule has 1 aliphatic rings. The monoisotopic (exact) mass is 432 g/mol. The number of nitrogens with one attached hydrogen (secondary N) is 1. The molecule has 1 fully saturated rings. The molecule has 0 atom stereocenters. The lowest BCUT2D eigenvalue weighted by Gasteiger charge is -2.32. The summed E-state index contributed by atoms with van der Waals surface area (Å²) in [6, 6.07) is 8.86. The molecule has 1 aromatic heterocycles. The molecule has 1 N–H and O–H groups in total. The summed E-state index contributed by atoms with van der Waals surface area (Å²) >= 11 is 11.2. The lowest BCUT2D eigenvalue weighted by atomic mass is 10.1. The number of H-pyrrole nitrogens is 1. The molecule has 1 saturated heterocycles. The predicted molar refractivity (Wildman–Crippen MR) is 113 cm³/mol. The van der Waals surface area contributed by atoms with Crippen LogP contribution in [0.4, 0.5) is 4.39 Å². The highest BCUT2D eigenvalue weighted by molar-refractivity contribution is 7.71. The number of hydrogen-bond donors (Lipinski definition) is 1. The number of likely N-dealkylation sites (N-methyl/N-ethyl adjacent to an activating group) is 1. The van der Waals surface area contributed by atoms with Gasteiger partial charge in [-0.25, -0.2) is 4.39 Å². The van der Waals surface area contributed by atoms with Crippen molar-refractivity contribution in [1.29, 1.82) is 0 Å². The van der Waals surface area contributed by atoms with Gasteiger partial charge in [0.25, 0.3) is 11.5 Å². The van der Waals surface area contributed by atoms with E-state index in [-0.39, 0.29) is 21.3 Å². The molecular formula is C20H18ClFN4O2S. The molecule has 6 nitrogen and oxygen atoms in total. The van der Waals surface area contributed by atoms with Crippen LogP contribution in [0.15, 0.2) is 41.2 Å². The smallest absolute Gasteiger partial charge is 0.266 e. The van der Waals surface area contributed by atoms with Crippen LogP contribution in [-0.2, 0) is 0 Å². The molecule has 0 unspecified atom stereocenters. The first-order valence-electron chi connectivity index (χ1n) is 9.07. The Labute approximate surface area is 176 Å². The number of carbonyl (C=O) groups is 1. The molecule has 0 spiro atoms. The van der Waals surface area contributed by atoms with E-state index in [9.17, 15) is 14.0 Å². The highest BCUT2D eigenvalue weighted by Crippen LogP contribution is 2.20. The van der Waals surface area contributed by atoms with E-state index >= 15 is 0 Å². The van der Waals surface area contributed by atoms with Crippen LogP contribution < -0.4 is 5.56 Å². The summed E-state index contributed by atoms with van der Waals surface area (Å²) in [6.45, 7) is 2.98. The van der Waals surface area contributed by atoms with Gasteiger partial charge in [0, 0.05) is 31.7 Å². The fourth-order valence-corrected chi connectivity index (χ4v) is 3.87. The van der Waals surface area contributed by atoms with E-state index in [2.05, 4.69) is 9.88 Å². The number of halogens is 2. The highest BCUT2D eigenvalue weighted by Gasteiger charge is 2.21. The molecule has 0 saturated carbocycles. The number of amides is 1. The standard InChI is InChI=1S/C20H18ClFN4O2S/c1-24-6-8-25(9-7-24)18(27)12-2-4-14-17(10-12)23-20(29)26(19(14)28)13-3-5-16(22)15(21)11-13/h2-5,10-11H,6-9H2,1H3,(H,23,29). The molecule has 4 rings (SSSR count). The first-order chi connectivity index (χ1) is 13.8. The molecule has 2 heterocycles. The average Bonchev–Trinajstić information content (AvgIpc) is 2.70. The van der Waals surface area contributed by atoms with Crippen molar-refractivity contribution in [2.24, 2.45) is 0 Å². The van der Waals surface area contributed by atoms with Crippen LogP contribution in [0.5, 0.6) is 0 Å². The largest absolute Gasteiger partial charge is 0.336 e. The minimum absolute atomic E-state index is 0.0752. The third-order valence-corrected chi connectivity index (χ3v) is 5.67. The molecule has 0 radical (unpaired) electrons. The van der Waals surface area contributed by atoms with Gasteiger partial charge in [0.1, 0.15) is 5.82 Å². The van der Waals surface area contributed by atoms with Gasteiger partial charge in [-0.15, -0.1) is 0 Å². The Morgan fingerprint density at radius 2 is 1.86 bits per heavy atom. The van der Waals surface area contributed by atoms with E-state index < -0.39 is 5.82 Å². The van der Waals surface area contributed by atoms with E-state index in [1.54, 1.807) is 23.1 Å². The summed E-state index contributed by atoms with van der Waals surface area (Å²) in [7, 11) is 2.03. The summed E-state index contributed by atoms with van der Waals surface area (Å²) in [5.74, 6) is -0.653. The third-order valence-electron chi connectivity index (χ3n) is 5.10. The number of hydrogen-bond acceptors (Lipinski definition) is 4. The predicted octanol–water partition coefficient (Wildman–Crippen LogP) is 3.23. The Kier molecular flexibility index (Phi) is 5.24. The lowest BCUT2D eigenvalue weighted by molar-refractivity contribution is 0.0664. The van der Waals surface area contributed by atoms with E-state index in [0.29, 0.717) is 35.2 Å².